The van der Waals surface area contributed by atoms with Crippen molar-refractivity contribution in [2.24, 2.45) is 0 Å². The average Bonchev–Trinajstić information content (AvgIpc) is 3.42. The van der Waals surface area contributed by atoms with Crippen molar-refractivity contribution in [1.82, 2.24) is 15.0 Å². The number of nitrogens with one attached hydrogen (secondary N) is 1. The van der Waals surface area contributed by atoms with Gasteiger partial charge in [0.1, 0.15) is 11.6 Å². The zero-order valence-electron chi connectivity index (χ0n) is 15.4. The Morgan fingerprint density at radius 3 is 2.48 bits per heavy atom. The standard InChI is InChI=1S/C23H17N3O2S/c27-14-17-11-25-23(26-17)21-10-19-20(12-24-13-22(19)29-21)28-18-8-6-16(7-9-18)15-4-2-1-3-5-15/h1-13,27H,14H2,(H,25,26). The first-order valence-electron chi connectivity index (χ1n) is 9.16. The molecule has 0 aliphatic heterocycles. The van der Waals surface area contributed by atoms with Crippen LogP contribution < -0.4 is 4.74 Å². The van der Waals surface area contributed by atoms with Gasteiger partial charge in [0.15, 0.2) is 5.75 Å². The minimum atomic E-state index is -0.0627. The van der Waals surface area contributed by atoms with E-state index in [0.717, 1.165) is 32.1 Å². The second-order valence-electron chi connectivity index (χ2n) is 6.57. The Hall–Kier alpha value is -3.48. The fourth-order valence-corrected chi connectivity index (χ4v) is 4.17. The minimum Gasteiger partial charge on any atom is -0.455 e. The average molecular weight is 399 g/mol. The zero-order chi connectivity index (χ0) is 19.6. The molecule has 0 saturated carbocycles. The van der Waals surface area contributed by atoms with Gasteiger partial charge >= 0.3 is 0 Å². The number of benzene rings is 2. The molecule has 5 aromatic rings. The Balaban J connectivity index is 1.44. The van der Waals surface area contributed by atoms with Crippen molar-refractivity contribution in [2.75, 3.05) is 0 Å². The lowest BCUT2D eigenvalue weighted by Crippen LogP contribution is -1.86. The number of thiophene rings is 1. The molecule has 3 aromatic heterocycles. The second kappa shape index (κ2) is 7.50. The Morgan fingerprint density at radius 2 is 1.72 bits per heavy atom. The smallest absolute Gasteiger partial charge is 0.154 e. The van der Waals surface area contributed by atoms with Crippen molar-refractivity contribution in [3.05, 3.63) is 84.9 Å². The summed E-state index contributed by atoms with van der Waals surface area (Å²) < 4.78 is 7.15. The highest BCUT2D eigenvalue weighted by molar-refractivity contribution is 7.22. The van der Waals surface area contributed by atoms with Crippen LogP contribution >= 0.6 is 11.3 Å². The Kier molecular flexibility index (Phi) is 4.56. The molecule has 5 rings (SSSR count). The van der Waals surface area contributed by atoms with E-state index in [4.69, 9.17) is 4.74 Å². The van der Waals surface area contributed by atoms with Gasteiger partial charge in [-0.3, -0.25) is 4.98 Å². The first-order valence-corrected chi connectivity index (χ1v) is 9.98. The number of aromatic nitrogens is 3. The summed E-state index contributed by atoms with van der Waals surface area (Å²) in [5.41, 5.74) is 3.00. The molecule has 0 spiro atoms. The molecular weight excluding hydrogens is 382 g/mol. The van der Waals surface area contributed by atoms with Crippen LogP contribution in [-0.2, 0) is 6.61 Å². The van der Waals surface area contributed by atoms with E-state index in [2.05, 4.69) is 39.2 Å². The molecule has 5 nitrogen and oxygen atoms in total. The van der Waals surface area contributed by atoms with Crippen LogP contribution in [0.15, 0.2) is 79.3 Å². The van der Waals surface area contributed by atoms with Crippen LogP contribution in [0.4, 0.5) is 0 Å². The van der Waals surface area contributed by atoms with E-state index < -0.39 is 0 Å². The number of H-pyrrole nitrogens is 1. The molecular formula is C23H17N3O2S. The monoisotopic (exact) mass is 399 g/mol. The fourth-order valence-electron chi connectivity index (χ4n) is 3.17. The summed E-state index contributed by atoms with van der Waals surface area (Å²) in [7, 11) is 0. The van der Waals surface area contributed by atoms with Crippen LogP contribution in [0.5, 0.6) is 11.5 Å². The number of nitrogens with zero attached hydrogens (tertiary/aromatic N) is 2. The summed E-state index contributed by atoms with van der Waals surface area (Å²) >= 11 is 1.58. The van der Waals surface area contributed by atoms with E-state index in [1.54, 1.807) is 23.7 Å². The number of hydrogen-bond acceptors (Lipinski definition) is 5. The van der Waals surface area contributed by atoms with Gasteiger partial charge in [0, 0.05) is 11.6 Å². The highest BCUT2D eigenvalue weighted by atomic mass is 32.1. The van der Waals surface area contributed by atoms with Crippen LogP contribution in [0.25, 0.3) is 31.9 Å². The van der Waals surface area contributed by atoms with Gasteiger partial charge in [-0.15, -0.1) is 11.3 Å². The normalized spacial score (nSPS) is 11.1. The van der Waals surface area contributed by atoms with Crippen molar-refractivity contribution in [3.63, 3.8) is 0 Å². The molecule has 142 valence electrons. The minimum absolute atomic E-state index is 0.0627. The largest absolute Gasteiger partial charge is 0.455 e. The quantitative estimate of drug-likeness (QED) is 0.401. The number of hydrogen-bond donors (Lipinski definition) is 2. The molecule has 29 heavy (non-hydrogen) atoms. The molecule has 6 heteroatoms. The molecule has 3 heterocycles. The maximum absolute atomic E-state index is 9.24. The van der Waals surface area contributed by atoms with Crippen molar-refractivity contribution < 1.29 is 9.84 Å². The van der Waals surface area contributed by atoms with Gasteiger partial charge in [0.25, 0.3) is 0 Å². The summed E-state index contributed by atoms with van der Waals surface area (Å²) in [6.45, 7) is -0.0627. The molecule has 2 aromatic carbocycles. The lowest BCUT2D eigenvalue weighted by atomic mass is 10.1. The van der Waals surface area contributed by atoms with Gasteiger partial charge in [0.05, 0.1) is 34.3 Å². The molecule has 0 aliphatic carbocycles. The lowest BCUT2D eigenvalue weighted by molar-refractivity contribution is 0.277. The topological polar surface area (TPSA) is 71.0 Å². The number of aliphatic hydroxyl groups is 1. The number of pyridine rings is 1. The SMILES string of the molecule is OCc1cnc(-c2cc3c(Oc4ccc(-c5ccccc5)cc4)cncc3s2)[nH]1. The molecule has 0 atom stereocenters. The van der Waals surface area contributed by atoms with E-state index >= 15 is 0 Å². The van der Waals surface area contributed by atoms with Crippen LogP contribution in [0.3, 0.4) is 0 Å². The number of aliphatic hydroxyl groups excluding tert-OH is 1. The van der Waals surface area contributed by atoms with Crippen molar-refractivity contribution >= 4 is 21.4 Å². The first kappa shape index (κ1) is 17.6. The number of ether oxygens (including phenoxy) is 1. The molecule has 0 saturated heterocycles. The predicted octanol–water partition coefficient (Wildman–Crippen LogP) is 5.64. The van der Waals surface area contributed by atoms with Crippen molar-refractivity contribution in [3.8, 4) is 33.3 Å². The van der Waals surface area contributed by atoms with Gasteiger partial charge in [0.2, 0.25) is 0 Å². The van der Waals surface area contributed by atoms with E-state index in [9.17, 15) is 5.11 Å². The van der Waals surface area contributed by atoms with Crippen LogP contribution in [0.2, 0.25) is 0 Å². The highest BCUT2D eigenvalue weighted by Gasteiger charge is 2.12. The fraction of sp³-hybridized carbons (Fsp3) is 0.0435. The number of aromatic amines is 1. The third-order valence-electron chi connectivity index (χ3n) is 4.63. The first-order chi connectivity index (χ1) is 14.3. The molecule has 0 aliphatic rings. The third kappa shape index (κ3) is 3.51. The van der Waals surface area contributed by atoms with E-state index in [1.807, 2.05) is 42.6 Å². The molecule has 0 bridgehead atoms. The predicted molar refractivity (Wildman–Crippen MR) is 115 cm³/mol. The lowest BCUT2D eigenvalue weighted by Gasteiger charge is -2.08. The Labute approximate surface area is 171 Å². The highest BCUT2D eigenvalue weighted by Crippen LogP contribution is 2.38. The summed E-state index contributed by atoms with van der Waals surface area (Å²) in [6, 6.07) is 20.3. The van der Waals surface area contributed by atoms with Crippen molar-refractivity contribution in [2.45, 2.75) is 6.61 Å². The Morgan fingerprint density at radius 1 is 0.931 bits per heavy atom. The molecule has 2 N–H and O–H groups in total. The number of imidazole rings is 1. The van der Waals surface area contributed by atoms with E-state index in [0.29, 0.717) is 11.4 Å². The van der Waals surface area contributed by atoms with Gasteiger partial charge in [-0.25, -0.2) is 4.98 Å². The third-order valence-corrected chi connectivity index (χ3v) is 5.71. The molecule has 0 unspecified atom stereocenters. The zero-order valence-corrected chi connectivity index (χ0v) is 16.2. The summed E-state index contributed by atoms with van der Waals surface area (Å²) in [5, 5.41) is 10.2. The summed E-state index contributed by atoms with van der Waals surface area (Å²) in [4.78, 5) is 12.7. The molecule has 0 radical (unpaired) electrons. The molecule has 0 amide bonds. The van der Waals surface area contributed by atoms with Crippen LogP contribution in [0.1, 0.15) is 5.69 Å². The van der Waals surface area contributed by atoms with E-state index in [-0.39, 0.29) is 6.61 Å². The second-order valence-corrected chi connectivity index (χ2v) is 7.65. The summed E-state index contributed by atoms with van der Waals surface area (Å²) in [6.07, 6.45) is 5.19. The summed E-state index contributed by atoms with van der Waals surface area (Å²) in [5.74, 6) is 2.19. The van der Waals surface area contributed by atoms with Gasteiger partial charge in [-0.1, -0.05) is 42.5 Å². The van der Waals surface area contributed by atoms with Crippen LogP contribution in [0, 0.1) is 0 Å². The van der Waals surface area contributed by atoms with Gasteiger partial charge in [-0.05, 0) is 29.3 Å². The van der Waals surface area contributed by atoms with Gasteiger partial charge < -0.3 is 14.8 Å². The maximum Gasteiger partial charge on any atom is 0.154 e. The Bertz CT molecular complexity index is 1260. The van der Waals surface area contributed by atoms with E-state index in [1.165, 1.54) is 5.56 Å². The molecule has 0 fully saturated rings. The number of fused-ring (bicyclic) bond motifs is 1. The maximum atomic E-state index is 9.24. The van der Waals surface area contributed by atoms with Crippen molar-refractivity contribution in [1.29, 1.82) is 0 Å². The van der Waals surface area contributed by atoms with Gasteiger partial charge in [-0.2, -0.15) is 0 Å². The number of rotatable bonds is 5. The van der Waals surface area contributed by atoms with Crippen LogP contribution in [-0.4, -0.2) is 20.1 Å².